The highest BCUT2D eigenvalue weighted by molar-refractivity contribution is 5.77. The molecule has 0 radical (unpaired) electrons. The molecule has 3 heteroatoms. The lowest BCUT2D eigenvalue weighted by molar-refractivity contribution is -0.135. The highest BCUT2D eigenvalue weighted by atomic mass is 16.5. The van der Waals surface area contributed by atoms with E-state index in [1.54, 1.807) is 12.1 Å². The molecule has 1 aliphatic heterocycles. The van der Waals surface area contributed by atoms with Crippen LogP contribution in [0.25, 0.3) is 0 Å². The van der Waals surface area contributed by atoms with Crippen molar-refractivity contribution in [3.8, 4) is 11.5 Å². The van der Waals surface area contributed by atoms with E-state index in [9.17, 15) is 9.90 Å². The van der Waals surface area contributed by atoms with Crippen molar-refractivity contribution in [2.24, 2.45) is 0 Å². The summed E-state index contributed by atoms with van der Waals surface area (Å²) in [5, 5.41) is 9.62. The summed E-state index contributed by atoms with van der Waals surface area (Å²) in [6, 6.07) is 12.9. The highest BCUT2D eigenvalue weighted by Gasteiger charge is 2.28. The SMILES string of the molecule is Cc1ccc([C@H]2CC(=O)Oc3ccc(O)cc32)cc1. The van der Waals surface area contributed by atoms with Crippen LogP contribution in [0.15, 0.2) is 42.5 Å². The van der Waals surface area contributed by atoms with Gasteiger partial charge in [0.25, 0.3) is 0 Å². The minimum absolute atomic E-state index is 0.0519. The number of fused-ring (bicyclic) bond motifs is 1. The lowest BCUT2D eigenvalue weighted by Gasteiger charge is -2.25. The molecule has 0 aliphatic carbocycles. The fraction of sp³-hybridized carbons (Fsp3) is 0.188. The smallest absolute Gasteiger partial charge is 0.312 e. The zero-order valence-corrected chi connectivity index (χ0v) is 10.6. The number of esters is 1. The summed E-state index contributed by atoms with van der Waals surface area (Å²) in [6.07, 6.45) is 0.305. The minimum atomic E-state index is -0.233. The van der Waals surface area contributed by atoms with Crippen LogP contribution in [0.3, 0.4) is 0 Å². The van der Waals surface area contributed by atoms with Crippen LogP contribution in [0.1, 0.15) is 29.0 Å². The highest BCUT2D eigenvalue weighted by Crippen LogP contribution is 2.40. The van der Waals surface area contributed by atoms with Gasteiger partial charge in [-0.2, -0.15) is 0 Å². The summed E-state index contributed by atoms with van der Waals surface area (Å²) in [5.41, 5.74) is 3.11. The largest absolute Gasteiger partial charge is 0.508 e. The van der Waals surface area contributed by atoms with Gasteiger partial charge in [0.15, 0.2) is 0 Å². The number of aromatic hydroxyl groups is 1. The molecular weight excluding hydrogens is 240 g/mol. The Hall–Kier alpha value is -2.29. The van der Waals surface area contributed by atoms with Gasteiger partial charge in [0, 0.05) is 11.5 Å². The second-order valence-corrected chi connectivity index (χ2v) is 4.86. The molecule has 96 valence electrons. The molecule has 0 bridgehead atoms. The van der Waals surface area contributed by atoms with Gasteiger partial charge in [0.2, 0.25) is 0 Å². The molecule has 1 heterocycles. The van der Waals surface area contributed by atoms with Crippen molar-refractivity contribution >= 4 is 5.97 Å². The van der Waals surface area contributed by atoms with Gasteiger partial charge in [-0.15, -0.1) is 0 Å². The number of hydrogen-bond acceptors (Lipinski definition) is 3. The molecule has 0 amide bonds. The molecule has 19 heavy (non-hydrogen) atoms. The second kappa shape index (κ2) is 4.43. The van der Waals surface area contributed by atoms with Crippen LogP contribution in [0.4, 0.5) is 0 Å². The Balaban J connectivity index is 2.09. The van der Waals surface area contributed by atoms with Gasteiger partial charge in [0.05, 0.1) is 6.42 Å². The lowest BCUT2D eigenvalue weighted by Crippen LogP contribution is -2.20. The van der Waals surface area contributed by atoms with Crippen molar-refractivity contribution in [3.63, 3.8) is 0 Å². The molecule has 0 saturated carbocycles. The van der Waals surface area contributed by atoms with Crippen LogP contribution in [0, 0.1) is 6.92 Å². The fourth-order valence-electron chi connectivity index (χ4n) is 2.44. The first-order valence-electron chi connectivity index (χ1n) is 6.23. The van der Waals surface area contributed by atoms with E-state index < -0.39 is 0 Å². The van der Waals surface area contributed by atoms with E-state index in [1.165, 1.54) is 11.6 Å². The summed E-state index contributed by atoms with van der Waals surface area (Å²) in [7, 11) is 0. The maximum atomic E-state index is 11.7. The molecule has 3 nitrogen and oxygen atoms in total. The predicted molar refractivity (Wildman–Crippen MR) is 71.4 cm³/mol. The summed E-state index contributed by atoms with van der Waals surface area (Å²) in [5.74, 6) is 0.446. The normalized spacial score (nSPS) is 17.7. The zero-order valence-electron chi connectivity index (χ0n) is 10.6. The van der Waals surface area contributed by atoms with E-state index in [1.807, 2.05) is 31.2 Å². The quantitative estimate of drug-likeness (QED) is 0.628. The third-order valence-corrected chi connectivity index (χ3v) is 3.44. The van der Waals surface area contributed by atoms with E-state index in [0.29, 0.717) is 12.2 Å². The molecule has 0 saturated heterocycles. The summed E-state index contributed by atoms with van der Waals surface area (Å²) in [4.78, 5) is 11.7. The number of rotatable bonds is 1. The molecule has 2 aromatic rings. The number of phenolic OH excluding ortho intramolecular Hbond substituents is 1. The summed E-state index contributed by atoms with van der Waals surface area (Å²) < 4.78 is 5.21. The van der Waals surface area contributed by atoms with Crippen LogP contribution >= 0.6 is 0 Å². The van der Waals surface area contributed by atoms with E-state index in [2.05, 4.69) is 0 Å². The van der Waals surface area contributed by atoms with Crippen molar-refractivity contribution in [1.29, 1.82) is 0 Å². The number of phenols is 1. The van der Waals surface area contributed by atoms with Crippen LogP contribution in [0.5, 0.6) is 11.5 Å². The number of benzene rings is 2. The monoisotopic (exact) mass is 254 g/mol. The molecule has 1 aliphatic rings. The molecule has 3 rings (SSSR count). The third kappa shape index (κ3) is 2.19. The average molecular weight is 254 g/mol. The Bertz CT molecular complexity index is 629. The number of aryl methyl sites for hydroxylation is 1. The lowest BCUT2D eigenvalue weighted by atomic mass is 9.86. The Morgan fingerprint density at radius 1 is 1.16 bits per heavy atom. The van der Waals surface area contributed by atoms with Crippen molar-refractivity contribution < 1.29 is 14.6 Å². The molecule has 1 atom stereocenters. The molecule has 0 spiro atoms. The Kier molecular flexibility index (Phi) is 2.75. The Morgan fingerprint density at radius 3 is 2.63 bits per heavy atom. The fourth-order valence-corrected chi connectivity index (χ4v) is 2.44. The number of carbonyl (C=O) groups excluding carboxylic acids is 1. The van der Waals surface area contributed by atoms with Gasteiger partial charge in [-0.05, 0) is 30.7 Å². The summed E-state index contributed by atoms with van der Waals surface area (Å²) >= 11 is 0. The van der Waals surface area contributed by atoms with Crippen LogP contribution in [-0.2, 0) is 4.79 Å². The maximum absolute atomic E-state index is 11.7. The standard InChI is InChI=1S/C16H14O3/c1-10-2-4-11(5-3-10)13-9-16(18)19-15-7-6-12(17)8-14(13)15/h2-8,13,17H,9H2,1H3/t13-/m1/s1. The van der Waals surface area contributed by atoms with Crippen molar-refractivity contribution in [1.82, 2.24) is 0 Å². The van der Waals surface area contributed by atoms with Gasteiger partial charge in [-0.1, -0.05) is 29.8 Å². The third-order valence-electron chi connectivity index (χ3n) is 3.44. The first kappa shape index (κ1) is 11.8. The first-order valence-corrected chi connectivity index (χ1v) is 6.23. The Morgan fingerprint density at radius 2 is 1.89 bits per heavy atom. The van der Waals surface area contributed by atoms with Gasteiger partial charge in [0.1, 0.15) is 11.5 Å². The number of carbonyl (C=O) groups is 1. The molecule has 0 unspecified atom stereocenters. The van der Waals surface area contributed by atoms with E-state index >= 15 is 0 Å². The van der Waals surface area contributed by atoms with Crippen molar-refractivity contribution in [2.45, 2.75) is 19.3 Å². The molecule has 0 fully saturated rings. The van der Waals surface area contributed by atoms with Crippen LogP contribution in [0.2, 0.25) is 0 Å². The first-order chi connectivity index (χ1) is 9.13. The van der Waals surface area contributed by atoms with E-state index in [0.717, 1.165) is 11.1 Å². The topological polar surface area (TPSA) is 46.5 Å². The van der Waals surface area contributed by atoms with Crippen LogP contribution in [-0.4, -0.2) is 11.1 Å². The summed E-state index contributed by atoms with van der Waals surface area (Å²) in [6.45, 7) is 2.03. The zero-order chi connectivity index (χ0) is 13.4. The van der Waals surface area contributed by atoms with Crippen molar-refractivity contribution in [3.05, 3.63) is 59.2 Å². The van der Waals surface area contributed by atoms with Gasteiger partial charge < -0.3 is 9.84 Å². The van der Waals surface area contributed by atoms with Gasteiger partial charge in [-0.3, -0.25) is 4.79 Å². The maximum Gasteiger partial charge on any atom is 0.312 e. The van der Waals surface area contributed by atoms with Crippen LogP contribution < -0.4 is 4.74 Å². The molecule has 2 aromatic carbocycles. The molecular formula is C16H14O3. The Labute approximate surface area is 111 Å². The predicted octanol–water partition coefficient (Wildman–Crippen LogP) is 3.14. The molecule has 1 N–H and O–H groups in total. The number of ether oxygens (including phenoxy) is 1. The minimum Gasteiger partial charge on any atom is -0.508 e. The van der Waals surface area contributed by atoms with Gasteiger partial charge in [-0.25, -0.2) is 0 Å². The average Bonchev–Trinajstić information content (AvgIpc) is 2.39. The van der Waals surface area contributed by atoms with E-state index in [4.69, 9.17) is 4.74 Å². The molecule has 0 aromatic heterocycles. The van der Waals surface area contributed by atoms with E-state index in [-0.39, 0.29) is 17.6 Å². The second-order valence-electron chi connectivity index (χ2n) is 4.86. The van der Waals surface area contributed by atoms with Crippen molar-refractivity contribution in [2.75, 3.05) is 0 Å². The number of hydrogen-bond donors (Lipinski definition) is 1. The van der Waals surface area contributed by atoms with Gasteiger partial charge >= 0.3 is 5.97 Å².